The molecule has 1 aromatic carbocycles. The predicted molar refractivity (Wildman–Crippen MR) is 67.8 cm³/mol. The molecule has 0 aliphatic rings. The van der Waals surface area contributed by atoms with Gasteiger partial charge in [0.15, 0.2) is 0 Å². The van der Waals surface area contributed by atoms with E-state index in [-0.39, 0.29) is 6.42 Å². The Labute approximate surface area is 106 Å². The van der Waals surface area contributed by atoms with Crippen LogP contribution in [0.25, 0.3) is 0 Å². The molecule has 94 valence electrons. The van der Waals surface area contributed by atoms with Crippen LogP contribution in [0.3, 0.4) is 0 Å². The van der Waals surface area contributed by atoms with E-state index in [1.165, 1.54) is 0 Å². The van der Waals surface area contributed by atoms with E-state index in [1.54, 1.807) is 0 Å². The topological polar surface area (TPSA) is 46.5 Å². The SMILES string of the molecule is Cc1cc(OCCCCCC(=O)O)ccc1Cl. The van der Waals surface area contributed by atoms with Gasteiger partial charge in [-0.15, -0.1) is 0 Å². The van der Waals surface area contributed by atoms with E-state index in [0.29, 0.717) is 13.0 Å². The van der Waals surface area contributed by atoms with E-state index in [1.807, 2.05) is 25.1 Å². The van der Waals surface area contributed by atoms with Crippen LogP contribution in [-0.4, -0.2) is 17.7 Å². The van der Waals surface area contributed by atoms with Gasteiger partial charge in [0.25, 0.3) is 0 Å². The highest BCUT2D eigenvalue weighted by Crippen LogP contribution is 2.21. The minimum atomic E-state index is -0.737. The fourth-order valence-corrected chi connectivity index (χ4v) is 1.57. The standard InChI is InChI=1S/C13H17ClO3/c1-10-9-11(6-7-12(10)14)17-8-4-2-3-5-13(15)16/h6-7,9H,2-5,8H2,1H3,(H,15,16). The van der Waals surface area contributed by atoms with E-state index in [9.17, 15) is 4.79 Å². The number of unbranched alkanes of at least 4 members (excludes halogenated alkanes) is 2. The van der Waals surface area contributed by atoms with Gasteiger partial charge in [0, 0.05) is 11.4 Å². The first-order valence-electron chi connectivity index (χ1n) is 5.70. The fraction of sp³-hybridized carbons (Fsp3) is 0.462. The average molecular weight is 257 g/mol. The summed E-state index contributed by atoms with van der Waals surface area (Å²) in [7, 11) is 0. The van der Waals surface area contributed by atoms with E-state index in [2.05, 4.69) is 0 Å². The maximum atomic E-state index is 10.3. The van der Waals surface area contributed by atoms with Crippen molar-refractivity contribution in [2.45, 2.75) is 32.6 Å². The first-order valence-corrected chi connectivity index (χ1v) is 6.08. The van der Waals surface area contributed by atoms with Crippen LogP contribution in [0.4, 0.5) is 0 Å². The van der Waals surface area contributed by atoms with Gasteiger partial charge < -0.3 is 9.84 Å². The summed E-state index contributed by atoms with van der Waals surface area (Å²) in [4.78, 5) is 10.3. The van der Waals surface area contributed by atoms with Crippen molar-refractivity contribution >= 4 is 17.6 Å². The maximum absolute atomic E-state index is 10.3. The Morgan fingerprint density at radius 1 is 1.35 bits per heavy atom. The number of ether oxygens (including phenoxy) is 1. The van der Waals surface area contributed by atoms with Crippen LogP contribution in [0.15, 0.2) is 18.2 Å². The van der Waals surface area contributed by atoms with Crippen molar-refractivity contribution in [1.82, 2.24) is 0 Å². The highest BCUT2D eigenvalue weighted by atomic mass is 35.5. The normalized spacial score (nSPS) is 10.2. The van der Waals surface area contributed by atoms with Crippen LogP contribution in [0, 0.1) is 6.92 Å². The zero-order chi connectivity index (χ0) is 12.7. The molecule has 3 nitrogen and oxygen atoms in total. The van der Waals surface area contributed by atoms with Gasteiger partial charge in [-0.3, -0.25) is 4.79 Å². The summed E-state index contributed by atoms with van der Waals surface area (Å²) in [5.41, 5.74) is 0.995. The molecule has 0 radical (unpaired) electrons. The number of carboxylic acids is 1. The Morgan fingerprint density at radius 2 is 2.12 bits per heavy atom. The minimum Gasteiger partial charge on any atom is -0.494 e. The molecule has 0 saturated carbocycles. The largest absolute Gasteiger partial charge is 0.494 e. The molecule has 0 amide bonds. The summed E-state index contributed by atoms with van der Waals surface area (Å²) in [6.45, 7) is 2.54. The molecule has 0 aliphatic heterocycles. The first-order chi connectivity index (χ1) is 8.09. The maximum Gasteiger partial charge on any atom is 0.303 e. The molecule has 0 unspecified atom stereocenters. The molecule has 0 fully saturated rings. The smallest absolute Gasteiger partial charge is 0.303 e. The van der Waals surface area contributed by atoms with Crippen molar-refractivity contribution in [3.8, 4) is 5.75 Å². The van der Waals surface area contributed by atoms with Crippen molar-refractivity contribution in [3.63, 3.8) is 0 Å². The average Bonchev–Trinajstić information content (AvgIpc) is 2.27. The van der Waals surface area contributed by atoms with Gasteiger partial charge >= 0.3 is 5.97 Å². The van der Waals surface area contributed by atoms with Gasteiger partial charge in [-0.2, -0.15) is 0 Å². The van der Waals surface area contributed by atoms with Crippen LogP contribution < -0.4 is 4.74 Å². The van der Waals surface area contributed by atoms with E-state index in [4.69, 9.17) is 21.4 Å². The number of carbonyl (C=O) groups is 1. The lowest BCUT2D eigenvalue weighted by atomic mass is 10.2. The number of hydrogen-bond acceptors (Lipinski definition) is 2. The highest BCUT2D eigenvalue weighted by molar-refractivity contribution is 6.31. The molecule has 0 atom stereocenters. The van der Waals surface area contributed by atoms with E-state index in [0.717, 1.165) is 29.2 Å². The van der Waals surface area contributed by atoms with Gasteiger partial charge in [-0.25, -0.2) is 0 Å². The van der Waals surface area contributed by atoms with E-state index < -0.39 is 5.97 Å². The lowest BCUT2D eigenvalue weighted by Gasteiger charge is -2.07. The number of aryl methyl sites for hydroxylation is 1. The Balaban J connectivity index is 2.18. The molecular weight excluding hydrogens is 240 g/mol. The Hall–Kier alpha value is -1.22. The Kier molecular flexibility index (Phi) is 5.84. The summed E-state index contributed by atoms with van der Waals surface area (Å²) in [5, 5.41) is 9.20. The van der Waals surface area contributed by atoms with Gasteiger partial charge in [0.2, 0.25) is 0 Å². The predicted octanol–water partition coefficient (Wildman–Crippen LogP) is 3.67. The van der Waals surface area contributed by atoms with Crippen molar-refractivity contribution in [2.75, 3.05) is 6.61 Å². The molecule has 0 aliphatic carbocycles. The van der Waals surface area contributed by atoms with Gasteiger partial charge in [-0.05, 0) is 49.9 Å². The summed E-state index contributed by atoms with van der Waals surface area (Å²) in [6, 6.07) is 5.56. The third-order valence-electron chi connectivity index (χ3n) is 2.43. The van der Waals surface area contributed by atoms with Crippen molar-refractivity contribution < 1.29 is 14.6 Å². The van der Waals surface area contributed by atoms with Crippen LogP contribution in [0.2, 0.25) is 5.02 Å². The number of benzene rings is 1. The van der Waals surface area contributed by atoms with Crippen LogP contribution in [0.5, 0.6) is 5.75 Å². The summed E-state index contributed by atoms with van der Waals surface area (Å²) in [5.74, 6) is 0.0735. The zero-order valence-electron chi connectivity index (χ0n) is 9.91. The molecule has 0 heterocycles. The monoisotopic (exact) mass is 256 g/mol. The molecule has 1 N–H and O–H groups in total. The highest BCUT2D eigenvalue weighted by Gasteiger charge is 1.99. The van der Waals surface area contributed by atoms with Crippen molar-refractivity contribution in [3.05, 3.63) is 28.8 Å². The summed E-state index contributed by atoms with van der Waals surface area (Å²) in [6.07, 6.45) is 2.69. The first kappa shape index (κ1) is 13.8. The second-order valence-corrected chi connectivity index (χ2v) is 4.37. The molecular formula is C13H17ClO3. The molecule has 1 aromatic rings. The van der Waals surface area contributed by atoms with E-state index >= 15 is 0 Å². The third kappa shape index (κ3) is 5.59. The molecule has 4 heteroatoms. The third-order valence-corrected chi connectivity index (χ3v) is 2.86. The molecule has 17 heavy (non-hydrogen) atoms. The second kappa shape index (κ2) is 7.17. The lowest BCUT2D eigenvalue weighted by molar-refractivity contribution is -0.137. The molecule has 0 aromatic heterocycles. The summed E-state index contributed by atoms with van der Waals surface area (Å²) >= 11 is 5.90. The Bertz CT molecular complexity index is 377. The minimum absolute atomic E-state index is 0.236. The van der Waals surface area contributed by atoms with Gasteiger partial charge in [-0.1, -0.05) is 11.6 Å². The van der Waals surface area contributed by atoms with Gasteiger partial charge in [0.1, 0.15) is 5.75 Å². The van der Waals surface area contributed by atoms with Crippen LogP contribution in [0.1, 0.15) is 31.2 Å². The number of carboxylic acid groups (broad SMARTS) is 1. The quantitative estimate of drug-likeness (QED) is 0.757. The number of aliphatic carboxylic acids is 1. The van der Waals surface area contributed by atoms with Crippen molar-refractivity contribution in [1.29, 1.82) is 0 Å². The summed E-state index contributed by atoms with van der Waals surface area (Å²) < 4.78 is 5.54. The molecule has 0 spiro atoms. The molecule has 1 rings (SSSR count). The molecule has 0 saturated heterocycles. The second-order valence-electron chi connectivity index (χ2n) is 3.96. The molecule has 0 bridgehead atoms. The number of halogens is 1. The fourth-order valence-electron chi connectivity index (χ4n) is 1.45. The lowest BCUT2D eigenvalue weighted by Crippen LogP contribution is -1.99. The number of hydrogen-bond donors (Lipinski definition) is 1. The Morgan fingerprint density at radius 3 is 2.76 bits per heavy atom. The number of rotatable bonds is 7. The van der Waals surface area contributed by atoms with Crippen LogP contribution in [-0.2, 0) is 4.79 Å². The van der Waals surface area contributed by atoms with Crippen molar-refractivity contribution in [2.24, 2.45) is 0 Å². The zero-order valence-corrected chi connectivity index (χ0v) is 10.7. The van der Waals surface area contributed by atoms with Crippen LogP contribution >= 0.6 is 11.6 Å². The van der Waals surface area contributed by atoms with Gasteiger partial charge in [0.05, 0.1) is 6.61 Å².